The molecule has 2 aromatic carbocycles. The smallest absolute Gasteiger partial charge is 0.341 e. The highest BCUT2D eigenvalue weighted by Crippen LogP contribution is 2.41. The van der Waals surface area contributed by atoms with Gasteiger partial charge in [-0.15, -0.1) is 11.3 Å². The van der Waals surface area contributed by atoms with Gasteiger partial charge in [0.25, 0.3) is 5.91 Å². The van der Waals surface area contributed by atoms with Crippen LogP contribution in [0.3, 0.4) is 0 Å². The van der Waals surface area contributed by atoms with E-state index in [1.807, 2.05) is 19.1 Å². The molecule has 1 N–H and O–H groups in total. The van der Waals surface area contributed by atoms with Gasteiger partial charge in [0.1, 0.15) is 10.6 Å². The van der Waals surface area contributed by atoms with Crippen LogP contribution in [-0.2, 0) is 4.74 Å². The summed E-state index contributed by atoms with van der Waals surface area (Å²) in [7, 11) is 1.31. The summed E-state index contributed by atoms with van der Waals surface area (Å²) in [5, 5.41) is 3.85. The van der Waals surface area contributed by atoms with E-state index < -0.39 is 5.97 Å². The van der Waals surface area contributed by atoms with Crippen LogP contribution in [0.4, 0.5) is 5.00 Å². The van der Waals surface area contributed by atoms with E-state index in [4.69, 9.17) is 25.8 Å². The molecule has 4 rings (SSSR count). The number of esters is 1. The lowest BCUT2D eigenvalue weighted by molar-refractivity contribution is 0.0603. The molecule has 1 aliphatic heterocycles. The molecule has 1 aliphatic rings. The number of ether oxygens (including phenoxy) is 3. The first kappa shape index (κ1) is 19.3. The van der Waals surface area contributed by atoms with Gasteiger partial charge in [0.05, 0.1) is 7.11 Å². The van der Waals surface area contributed by atoms with Crippen LogP contribution >= 0.6 is 22.9 Å². The van der Waals surface area contributed by atoms with Crippen molar-refractivity contribution in [2.24, 2.45) is 0 Å². The molecule has 0 bridgehead atoms. The summed E-state index contributed by atoms with van der Waals surface area (Å²) in [5.41, 5.74) is 2.22. The number of methoxy groups -OCH3 is 1. The number of benzene rings is 2. The molecule has 2 heterocycles. The Morgan fingerprint density at radius 1 is 1.10 bits per heavy atom. The molecule has 0 fully saturated rings. The average Bonchev–Trinajstić information content (AvgIpc) is 3.31. The maximum atomic E-state index is 12.8. The molecule has 0 spiro atoms. The molecule has 0 aliphatic carbocycles. The van der Waals surface area contributed by atoms with Gasteiger partial charge in [0.2, 0.25) is 6.79 Å². The van der Waals surface area contributed by atoms with Gasteiger partial charge in [-0.2, -0.15) is 0 Å². The lowest BCUT2D eigenvalue weighted by atomic mass is 10.0. The van der Waals surface area contributed by atoms with Crippen molar-refractivity contribution in [1.29, 1.82) is 0 Å². The molecular weight excluding hydrogens is 414 g/mol. The number of amides is 1. The number of nitrogens with one attached hydrogen (secondary N) is 1. The predicted molar refractivity (Wildman–Crippen MR) is 111 cm³/mol. The summed E-state index contributed by atoms with van der Waals surface area (Å²) in [6.45, 7) is 2.01. The molecule has 3 aromatic rings. The van der Waals surface area contributed by atoms with Crippen molar-refractivity contribution in [3.05, 3.63) is 63.5 Å². The standard InChI is InChI=1S/C21H16ClNO5S/c1-11-17(12-3-6-14(22)7-4-12)18(21(25)26-2)20(29-11)23-19(24)13-5-8-15-16(9-13)28-10-27-15/h3-9H,10H2,1-2H3,(H,23,24). The summed E-state index contributed by atoms with van der Waals surface area (Å²) >= 11 is 7.30. The Morgan fingerprint density at radius 2 is 1.83 bits per heavy atom. The zero-order chi connectivity index (χ0) is 20.5. The number of hydrogen-bond acceptors (Lipinski definition) is 6. The molecule has 1 aromatic heterocycles. The van der Waals surface area contributed by atoms with Gasteiger partial charge in [-0.1, -0.05) is 23.7 Å². The molecule has 1 amide bonds. The van der Waals surface area contributed by atoms with Crippen molar-refractivity contribution in [3.8, 4) is 22.6 Å². The summed E-state index contributed by atoms with van der Waals surface area (Å²) < 4.78 is 15.6. The van der Waals surface area contributed by atoms with Crippen LogP contribution in [0.2, 0.25) is 5.02 Å². The Labute approximate surface area is 176 Å². The summed E-state index contributed by atoms with van der Waals surface area (Å²) in [6.07, 6.45) is 0. The second-order valence-corrected chi connectivity index (χ2v) is 7.92. The van der Waals surface area contributed by atoms with E-state index in [-0.39, 0.29) is 12.7 Å². The van der Waals surface area contributed by atoms with Crippen molar-refractivity contribution in [2.75, 3.05) is 19.2 Å². The second-order valence-electron chi connectivity index (χ2n) is 6.26. The Kier molecular flexibility index (Phi) is 5.17. The lowest BCUT2D eigenvalue weighted by Gasteiger charge is -2.09. The number of halogens is 1. The van der Waals surface area contributed by atoms with Crippen LogP contribution in [0.15, 0.2) is 42.5 Å². The third-order valence-electron chi connectivity index (χ3n) is 4.47. The van der Waals surface area contributed by atoms with Crippen LogP contribution in [0, 0.1) is 6.92 Å². The number of rotatable bonds is 4. The van der Waals surface area contributed by atoms with Gasteiger partial charge in [-0.3, -0.25) is 4.79 Å². The van der Waals surface area contributed by atoms with Gasteiger partial charge in [-0.25, -0.2) is 4.79 Å². The minimum Gasteiger partial charge on any atom is -0.465 e. The quantitative estimate of drug-likeness (QED) is 0.581. The molecule has 6 nitrogen and oxygen atoms in total. The Bertz CT molecular complexity index is 1110. The van der Waals surface area contributed by atoms with E-state index in [1.54, 1.807) is 30.3 Å². The number of carbonyl (C=O) groups is 2. The summed E-state index contributed by atoms with van der Waals surface area (Å²) in [4.78, 5) is 26.2. The fourth-order valence-electron chi connectivity index (χ4n) is 3.11. The molecule has 0 atom stereocenters. The third kappa shape index (κ3) is 3.66. The molecule has 0 radical (unpaired) electrons. The molecule has 8 heteroatoms. The van der Waals surface area contributed by atoms with Crippen LogP contribution in [0.1, 0.15) is 25.6 Å². The highest BCUT2D eigenvalue weighted by molar-refractivity contribution is 7.17. The van der Waals surface area contributed by atoms with Crippen LogP contribution in [0.5, 0.6) is 11.5 Å². The first-order valence-electron chi connectivity index (χ1n) is 8.66. The molecule has 148 valence electrons. The number of fused-ring (bicyclic) bond motifs is 1. The molecule has 0 saturated heterocycles. The van der Waals surface area contributed by atoms with E-state index in [0.717, 1.165) is 10.4 Å². The molecule has 0 saturated carbocycles. The van der Waals surface area contributed by atoms with Crippen molar-refractivity contribution in [3.63, 3.8) is 0 Å². The van der Waals surface area contributed by atoms with Gasteiger partial charge in [-0.05, 0) is 42.8 Å². The van der Waals surface area contributed by atoms with Gasteiger partial charge in [0, 0.05) is 21.0 Å². The largest absolute Gasteiger partial charge is 0.465 e. The maximum Gasteiger partial charge on any atom is 0.341 e. The zero-order valence-corrected chi connectivity index (χ0v) is 17.1. The highest BCUT2D eigenvalue weighted by atomic mass is 35.5. The van der Waals surface area contributed by atoms with E-state index >= 15 is 0 Å². The van der Waals surface area contributed by atoms with Crippen LogP contribution in [-0.4, -0.2) is 25.8 Å². The van der Waals surface area contributed by atoms with Gasteiger partial charge in [0.15, 0.2) is 11.5 Å². The molecule has 29 heavy (non-hydrogen) atoms. The first-order valence-corrected chi connectivity index (χ1v) is 9.86. The van der Waals surface area contributed by atoms with Crippen molar-refractivity contribution in [1.82, 2.24) is 0 Å². The Balaban J connectivity index is 1.72. The topological polar surface area (TPSA) is 73.9 Å². The number of anilines is 1. The molecular formula is C21H16ClNO5S. The highest BCUT2D eigenvalue weighted by Gasteiger charge is 2.26. The average molecular weight is 430 g/mol. The SMILES string of the molecule is COC(=O)c1c(NC(=O)c2ccc3c(c2)OCO3)sc(C)c1-c1ccc(Cl)cc1. The second kappa shape index (κ2) is 7.77. The van der Waals surface area contributed by atoms with E-state index in [0.29, 0.717) is 38.2 Å². The minimum atomic E-state index is -0.528. The number of thiophene rings is 1. The first-order chi connectivity index (χ1) is 14.0. The zero-order valence-electron chi connectivity index (χ0n) is 15.6. The monoisotopic (exact) mass is 429 g/mol. The predicted octanol–water partition coefficient (Wildman–Crippen LogP) is 5.14. The summed E-state index contributed by atoms with van der Waals surface area (Å²) in [5.74, 6) is 0.210. The van der Waals surface area contributed by atoms with E-state index in [2.05, 4.69) is 5.32 Å². The van der Waals surface area contributed by atoms with Crippen LogP contribution < -0.4 is 14.8 Å². The van der Waals surface area contributed by atoms with Crippen LogP contribution in [0.25, 0.3) is 11.1 Å². The van der Waals surface area contributed by atoms with Crippen molar-refractivity contribution in [2.45, 2.75) is 6.92 Å². The minimum absolute atomic E-state index is 0.126. The number of aryl methyl sites for hydroxylation is 1. The van der Waals surface area contributed by atoms with Gasteiger partial charge < -0.3 is 19.5 Å². The fraction of sp³-hybridized carbons (Fsp3) is 0.143. The summed E-state index contributed by atoms with van der Waals surface area (Å²) in [6, 6.07) is 12.1. The Morgan fingerprint density at radius 3 is 2.55 bits per heavy atom. The van der Waals surface area contributed by atoms with E-state index in [9.17, 15) is 9.59 Å². The van der Waals surface area contributed by atoms with Crippen molar-refractivity contribution < 1.29 is 23.8 Å². The third-order valence-corrected chi connectivity index (χ3v) is 5.74. The lowest BCUT2D eigenvalue weighted by Crippen LogP contribution is -2.14. The van der Waals surface area contributed by atoms with E-state index in [1.165, 1.54) is 18.4 Å². The fourth-order valence-corrected chi connectivity index (χ4v) is 4.29. The normalized spacial score (nSPS) is 12.0. The number of carbonyl (C=O) groups excluding carboxylic acids is 2. The number of hydrogen-bond donors (Lipinski definition) is 1. The maximum absolute atomic E-state index is 12.8. The molecule has 0 unspecified atom stereocenters. The van der Waals surface area contributed by atoms with Crippen molar-refractivity contribution >= 4 is 39.8 Å². The Hall–Kier alpha value is -3.03. The van der Waals surface area contributed by atoms with Gasteiger partial charge >= 0.3 is 5.97 Å².